The number of nitriles is 1. The molecule has 1 unspecified atom stereocenters. The number of likely N-dealkylation sites (tertiary alicyclic amines) is 1. The van der Waals surface area contributed by atoms with Crippen molar-refractivity contribution >= 4 is 15.7 Å². The minimum absolute atomic E-state index is 0.107. The van der Waals surface area contributed by atoms with E-state index in [2.05, 4.69) is 41.3 Å². The molecule has 4 rings (SSSR count). The van der Waals surface area contributed by atoms with Crippen LogP contribution in [0.25, 0.3) is 0 Å². The summed E-state index contributed by atoms with van der Waals surface area (Å²) in [5.41, 5.74) is 8.77. The van der Waals surface area contributed by atoms with Crippen molar-refractivity contribution in [2.45, 2.75) is 42.8 Å². The van der Waals surface area contributed by atoms with Crippen LogP contribution >= 0.6 is 0 Å². The lowest BCUT2D eigenvalue weighted by molar-refractivity contribution is -0.121. The van der Waals surface area contributed by atoms with Crippen LogP contribution in [0.1, 0.15) is 42.7 Å². The van der Waals surface area contributed by atoms with Gasteiger partial charge in [0.1, 0.15) is 5.76 Å². The first-order valence-corrected chi connectivity index (χ1v) is 15.1. The van der Waals surface area contributed by atoms with E-state index in [-0.39, 0.29) is 23.7 Å². The van der Waals surface area contributed by atoms with Gasteiger partial charge in [0.05, 0.1) is 24.2 Å². The second-order valence-corrected chi connectivity index (χ2v) is 12.6. The Morgan fingerprint density at radius 1 is 1.10 bits per heavy atom. The molecule has 0 radical (unpaired) electrons. The van der Waals surface area contributed by atoms with Crippen molar-refractivity contribution in [2.24, 2.45) is 5.73 Å². The number of methoxy groups -OCH3 is 1. The Morgan fingerprint density at radius 3 is 2.48 bits per heavy atom. The first kappa shape index (κ1) is 29.5. The van der Waals surface area contributed by atoms with Crippen molar-refractivity contribution in [2.75, 3.05) is 40.0 Å². The molecule has 0 spiro atoms. The Hall–Kier alpha value is -3.45. The summed E-state index contributed by atoms with van der Waals surface area (Å²) >= 11 is 0. The molecule has 1 saturated heterocycles. The second kappa shape index (κ2) is 13.3. The number of nitrogens with two attached hydrogens (primary N) is 1. The van der Waals surface area contributed by atoms with E-state index in [4.69, 9.17) is 20.5 Å². The first-order chi connectivity index (χ1) is 19.3. The molecule has 212 valence electrons. The Bertz CT molecular complexity index is 1370. The summed E-state index contributed by atoms with van der Waals surface area (Å²) in [6.07, 6.45) is 14.8. The summed E-state index contributed by atoms with van der Waals surface area (Å²) in [6.45, 7) is 2.60. The molecular formula is C31H37N3O5S. The number of rotatable bonds is 11. The fraction of sp³-hybridized carbons (Fsp3) is 0.419. The van der Waals surface area contributed by atoms with Gasteiger partial charge in [0, 0.05) is 44.7 Å². The van der Waals surface area contributed by atoms with Crippen LogP contribution < -0.4 is 5.73 Å². The number of carbonyl (C=O) groups excluding carboxylic acids is 1. The van der Waals surface area contributed by atoms with Gasteiger partial charge in [-0.2, -0.15) is 5.26 Å². The van der Waals surface area contributed by atoms with E-state index < -0.39 is 20.5 Å². The molecule has 1 fully saturated rings. The van der Waals surface area contributed by atoms with E-state index in [0.717, 1.165) is 12.0 Å². The highest BCUT2D eigenvalue weighted by atomic mass is 32.2. The molecule has 0 saturated carbocycles. The van der Waals surface area contributed by atoms with Crippen LogP contribution in [0.5, 0.6) is 0 Å². The van der Waals surface area contributed by atoms with Gasteiger partial charge in [-0.3, -0.25) is 4.79 Å². The molecule has 0 aromatic heterocycles. The van der Waals surface area contributed by atoms with Crippen LogP contribution in [-0.2, 0) is 30.5 Å². The van der Waals surface area contributed by atoms with E-state index in [9.17, 15) is 13.2 Å². The number of carbonyl (C=O) groups is 1. The summed E-state index contributed by atoms with van der Waals surface area (Å²) in [6, 6.07) is 10.6. The highest BCUT2D eigenvalue weighted by Crippen LogP contribution is 2.36. The van der Waals surface area contributed by atoms with Crippen LogP contribution in [0.3, 0.4) is 0 Å². The number of benzene rings is 1. The van der Waals surface area contributed by atoms with Crippen molar-refractivity contribution in [3.05, 3.63) is 94.2 Å². The molecule has 40 heavy (non-hydrogen) atoms. The third kappa shape index (κ3) is 6.64. The van der Waals surface area contributed by atoms with E-state index in [1.165, 1.54) is 11.6 Å². The Kier molecular flexibility index (Phi) is 9.80. The van der Waals surface area contributed by atoms with Crippen LogP contribution in [0.15, 0.2) is 83.0 Å². The number of nitrogens with zero attached hydrogens (tertiary/aromatic N) is 2. The molecule has 1 heterocycles. The predicted molar refractivity (Wildman–Crippen MR) is 155 cm³/mol. The van der Waals surface area contributed by atoms with Gasteiger partial charge in [-0.1, -0.05) is 42.5 Å². The minimum atomic E-state index is -3.99. The normalized spacial score (nSPS) is 21.0. The maximum atomic E-state index is 13.7. The van der Waals surface area contributed by atoms with Crippen molar-refractivity contribution in [3.63, 3.8) is 0 Å². The summed E-state index contributed by atoms with van der Waals surface area (Å²) in [5, 5.41) is 9.00. The fourth-order valence-electron chi connectivity index (χ4n) is 5.30. The highest BCUT2D eigenvalue weighted by molar-refractivity contribution is 7.97. The summed E-state index contributed by atoms with van der Waals surface area (Å²) in [5.74, 6) is 0.0716. The molecule has 2 N–H and O–H groups in total. The number of hydrogen-bond donors (Lipinski definition) is 1. The average molecular weight is 564 g/mol. The van der Waals surface area contributed by atoms with E-state index in [1.807, 2.05) is 18.2 Å². The zero-order valence-electron chi connectivity index (χ0n) is 22.9. The molecule has 1 atom stereocenters. The van der Waals surface area contributed by atoms with Crippen LogP contribution in [0, 0.1) is 11.3 Å². The lowest BCUT2D eigenvalue weighted by Gasteiger charge is -2.39. The number of amides is 1. The number of ether oxygens (including phenoxy) is 2. The lowest BCUT2D eigenvalue weighted by Crippen LogP contribution is -2.57. The minimum Gasteiger partial charge on any atom is -0.494 e. The van der Waals surface area contributed by atoms with Gasteiger partial charge < -0.3 is 20.1 Å². The van der Waals surface area contributed by atoms with Crippen molar-refractivity contribution < 1.29 is 22.7 Å². The first-order valence-electron chi connectivity index (χ1n) is 13.6. The standard InChI is InChI=1S/C31H37N3O5S/c1-38-22-20-34-18-16-31(17-19-34,30(33)35)40(36,37)29-4-2-3-28(13-14-29)39-21-15-24-5-9-26(10-6-24)27-11-7-25(23-32)8-12-27/h3-11,13-14,27H,2,12,15-22H2,1H3,(H2,33,35). The Labute approximate surface area is 237 Å². The van der Waals surface area contributed by atoms with E-state index in [1.54, 1.807) is 19.3 Å². The molecule has 3 aliphatic rings. The third-order valence-corrected chi connectivity index (χ3v) is 10.5. The maximum Gasteiger partial charge on any atom is 0.239 e. The van der Waals surface area contributed by atoms with Gasteiger partial charge >= 0.3 is 0 Å². The molecule has 1 amide bonds. The quantitative estimate of drug-likeness (QED) is 0.434. The topological polar surface area (TPSA) is 123 Å². The van der Waals surface area contributed by atoms with Crippen molar-refractivity contribution in [1.82, 2.24) is 4.90 Å². The van der Waals surface area contributed by atoms with Gasteiger partial charge in [-0.05, 0) is 61.1 Å². The molecule has 1 aromatic rings. The van der Waals surface area contributed by atoms with Gasteiger partial charge in [0.2, 0.25) is 5.91 Å². The second-order valence-electron chi connectivity index (χ2n) is 10.3. The number of sulfone groups is 1. The smallest absolute Gasteiger partial charge is 0.239 e. The summed E-state index contributed by atoms with van der Waals surface area (Å²) < 4.78 is 36.9. The van der Waals surface area contributed by atoms with Gasteiger partial charge in [-0.15, -0.1) is 0 Å². The van der Waals surface area contributed by atoms with Gasteiger partial charge in [-0.25, -0.2) is 8.42 Å². The zero-order chi connectivity index (χ0) is 28.6. The van der Waals surface area contributed by atoms with Crippen molar-refractivity contribution in [3.8, 4) is 6.07 Å². The fourth-order valence-corrected chi connectivity index (χ4v) is 7.30. The number of hydrogen-bond acceptors (Lipinski definition) is 7. The lowest BCUT2D eigenvalue weighted by atomic mass is 9.90. The molecule has 9 heteroatoms. The van der Waals surface area contributed by atoms with Crippen LogP contribution in [0.2, 0.25) is 0 Å². The Balaban J connectivity index is 1.32. The maximum absolute atomic E-state index is 13.7. The van der Waals surface area contributed by atoms with E-state index >= 15 is 0 Å². The summed E-state index contributed by atoms with van der Waals surface area (Å²) in [4.78, 5) is 14.7. The summed E-state index contributed by atoms with van der Waals surface area (Å²) in [7, 11) is -2.37. The van der Waals surface area contributed by atoms with Gasteiger partial charge in [0.25, 0.3) is 0 Å². The van der Waals surface area contributed by atoms with Crippen molar-refractivity contribution in [1.29, 1.82) is 5.26 Å². The SMILES string of the molecule is COCCN1CCC(C(N)=O)(S(=O)(=O)C2=CCC=C(OCCc3ccc(C4C=CC(C#N)=CC4)cc3)C=C2)CC1. The highest BCUT2D eigenvalue weighted by Gasteiger charge is 2.52. The molecular weight excluding hydrogens is 526 g/mol. The number of piperidine rings is 1. The number of primary amides is 1. The third-order valence-electron chi connectivity index (χ3n) is 7.90. The van der Waals surface area contributed by atoms with Crippen LogP contribution in [0.4, 0.5) is 0 Å². The molecule has 1 aliphatic heterocycles. The molecule has 8 nitrogen and oxygen atoms in total. The Morgan fingerprint density at radius 2 is 1.85 bits per heavy atom. The molecule has 1 aromatic carbocycles. The largest absolute Gasteiger partial charge is 0.494 e. The zero-order valence-corrected chi connectivity index (χ0v) is 23.7. The average Bonchev–Trinajstić information content (AvgIpc) is 3.23. The molecule has 0 bridgehead atoms. The van der Waals surface area contributed by atoms with Gasteiger partial charge in [0.15, 0.2) is 14.6 Å². The van der Waals surface area contributed by atoms with Crippen LogP contribution in [-0.4, -0.2) is 63.9 Å². The molecule has 2 aliphatic carbocycles. The van der Waals surface area contributed by atoms with E-state index in [0.29, 0.717) is 57.0 Å². The number of allylic oxidation sites excluding steroid dienone is 8. The predicted octanol–water partition coefficient (Wildman–Crippen LogP) is 3.85. The monoisotopic (exact) mass is 563 g/mol.